The van der Waals surface area contributed by atoms with E-state index >= 15 is 0 Å². The van der Waals surface area contributed by atoms with Gasteiger partial charge in [-0.05, 0) is 7.05 Å². The van der Waals surface area contributed by atoms with Crippen molar-refractivity contribution in [3.63, 3.8) is 0 Å². The first-order valence-corrected chi connectivity index (χ1v) is 6.75. The Kier molecular flexibility index (Phi) is 4.25. The first kappa shape index (κ1) is 15.1. The third-order valence-corrected chi connectivity index (χ3v) is 3.80. The molecule has 0 aliphatic carbocycles. The van der Waals surface area contributed by atoms with Gasteiger partial charge in [0.05, 0.1) is 18.5 Å². The van der Waals surface area contributed by atoms with Gasteiger partial charge in [0.1, 0.15) is 5.69 Å². The molecule has 0 radical (unpaired) electrons. The zero-order chi connectivity index (χ0) is 14.9. The number of pyridine rings is 1. The molecule has 1 aromatic rings. The quantitative estimate of drug-likeness (QED) is 0.911. The Hall–Kier alpha value is -1.27. The summed E-state index contributed by atoms with van der Waals surface area (Å²) in [4.78, 5) is 7.67. The van der Waals surface area contributed by atoms with Crippen LogP contribution in [0.1, 0.15) is 19.5 Å². The molecule has 1 N–H and O–H groups in total. The second-order valence-corrected chi connectivity index (χ2v) is 5.95. The van der Waals surface area contributed by atoms with E-state index in [2.05, 4.69) is 9.88 Å². The van der Waals surface area contributed by atoms with Gasteiger partial charge in [-0.3, -0.25) is 4.98 Å². The molecule has 112 valence electrons. The number of hydrogen-bond acceptors (Lipinski definition) is 4. The van der Waals surface area contributed by atoms with E-state index in [0.29, 0.717) is 13.1 Å². The summed E-state index contributed by atoms with van der Waals surface area (Å²) in [6.07, 6.45) is 1.05. The van der Waals surface area contributed by atoms with Crippen molar-refractivity contribution in [1.82, 2.24) is 9.88 Å². The van der Waals surface area contributed by atoms with Crippen molar-refractivity contribution in [1.29, 1.82) is 0 Å². The molecule has 0 bridgehead atoms. The van der Waals surface area contributed by atoms with Crippen molar-refractivity contribution in [2.75, 3.05) is 44.7 Å². The Morgan fingerprint density at radius 2 is 1.85 bits per heavy atom. The van der Waals surface area contributed by atoms with Gasteiger partial charge in [0.15, 0.2) is 11.6 Å². The number of aromatic nitrogens is 1. The van der Waals surface area contributed by atoms with Crippen molar-refractivity contribution >= 4 is 5.69 Å². The summed E-state index contributed by atoms with van der Waals surface area (Å²) in [5.74, 6) is -1.31. The van der Waals surface area contributed by atoms with E-state index in [4.69, 9.17) is 0 Å². The zero-order valence-corrected chi connectivity index (χ0v) is 12.2. The van der Waals surface area contributed by atoms with Gasteiger partial charge < -0.3 is 14.9 Å². The van der Waals surface area contributed by atoms with Crippen LogP contribution in [0.4, 0.5) is 14.5 Å². The summed E-state index contributed by atoms with van der Waals surface area (Å²) in [6.45, 7) is 5.81. The lowest BCUT2D eigenvalue weighted by atomic mass is 9.89. The summed E-state index contributed by atoms with van der Waals surface area (Å²) < 4.78 is 28.6. The smallest absolute Gasteiger partial charge is 0.171 e. The number of aliphatic hydroxyl groups is 1. The van der Waals surface area contributed by atoms with E-state index < -0.39 is 17.0 Å². The summed E-state index contributed by atoms with van der Waals surface area (Å²) in [7, 11) is 1.98. The van der Waals surface area contributed by atoms with Crippen LogP contribution in [-0.4, -0.2) is 54.8 Å². The monoisotopic (exact) mass is 285 g/mol. The molecule has 1 saturated heterocycles. The Morgan fingerprint density at radius 3 is 2.40 bits per heavy atom. The van der Waals surface area contributed by atoms with Crippen LogP contribution in [0.3, 0.4) is 0 Å². The van der Waals surface area contributed by atoms with Crippen LogP contribution in [0.5, 0.6) is 0 Å². The van der Waals surface area contributed by atoms with Crippen LogP contribution in [0.15, 0.2) is 6.20 Å². The fourth-order valence-corrected chi connectivity index (χ4v) is 2.32. The Bertz CT molecular complexity index is 486. The van der Waals surface area contributed by atoms with E-state index in [9.17, 15) is 13.9 Å². The largest absolute Gasteiger partial charge is 0.395 e. The molecule has 0 atom stereocenters. The van der Waals surface area contributed by atoms with Gasteiger partial charge >= 0.3 is 0 Å². The maximum Gasteiger partial charge on any atom is 0.171 e. The highest BCUT2D eigenvalue weighted by atomic mass is 19.1. The number of halogens is 2. The fraction of sp³-hybridized carbons (Fsp3) is 0.643. The molecule has 0 spiro atoms. The molecule has 2 rings (SSSR count). The third-order valence-electron chi connectivity index (χ3n) is 3.80. The second-order valence-electron chi connectivity index (χ2n) is 5.95. The minimum Gasteiger partial charge on any atom is -0.395 e. The first-order chi connectivity index (χ1) is 9.36. The van der Waals surface area contributed by atoms with Gasteiger partial charge in [0.2, 0.25) is 0 Å². The highest BCUT2D eigenvalue weighted by molar-refractivity contribution is 5.51. The zero-order valence-electron chi connectivity index (χ0n) is 12.2. The summed E-state index contributed by atoms with van der Waals surface area (Å²) >= 11 is 0. The van der Waals surface area contributed by atoms with Crippen LogP contribution in [-0.2, 0) is 5.41 Å². The van der Waals surface area contributed by atoms with E-state index in [1.165, 1.54) is 0 Å². The highest BCUT2D eigenvalue weighted by Crippen LogP contribution is 2.31. The van der Waals surface area contributed by atoms with E-state index in [-0.39, 0.29) is 18.0 Å². The minimum atomic E-state index is -0.834. The third kappa shape index (κ3) is 2.76. The molecule has 0 unspecified atom stereocenters. The van der Waals surface area contributed by atoms with Crippen LogP contribution in [0.25, 0.3) is 0 Å². The number of rotatable bonds is 3. The van der Waals surface area contributed by atoms with Crippen LogP contribution in [0, 0.1) is 11.6 Å². The first-order valence-electron chi connectivity index (χ1n) is 6.75. The number of likely N-dealkylation sites (N-methyl/N-ethyl adjacent to an activating group) is 1. The molecule has 1 fully saturated rings. The topological polar surface area (TPSA) is 39.6 Å². The van der Waals surface area contributed by atoms with E-state index in [1.807, 2.05) is 7.05 Å². The molecular weight excluding hydrogens is 264 g/mol. The Morgan fingerprint density at radius 1 is 1.25 bits per heavy atom. The lowest BCUT2D eigenvalue weighted by molar-refractivity contribution is 0.211. The molecule has 0 aromatic carbocycles. The summed E-state index contributed by atoms with van der Waals surface area (Å²) in [5.41, 5.74) is -0.751. The maximum absolute atomic E-state index is 14.6. The predicted molar refractivity (Wildman–Crippen MR) is 74.0 cm³/mol. The number of hydrogen-bond donors (Lipinski definition) is 1. The summed E-state index contributed by atoms with van der Waals surface area (Å²) in [6, 6.07) is 0. The molecule has 2 heterocycles. The molecule has 4 nitrogen and oxygen atoms in total. The van der Waals surface area contributed by atoms with Crippen molar-refractivity contribution in [3.05, 3.63) is 23.5 Å². The number of aliphatic hydroxyl groups excluding tert-OH is 1. The lowest BCUT2D eigenvalue weighted by Crippen LogP contribution is -2.45. The minimum absolute atomic E-state index is 0.0235. The van der Waals surface area contributed by atoms with Gasteiger partial charge in [0.25, 0.3) is 0 Å². The molecule has 0 amide bonds. The highest BCUT2D eigenvalue weighted by Gasteiger charge is 2.30. The van der Waals surface area contributed by atoms with Gasteiger partial charge in [0, 0.05) is 31.6 Å². The van der Waals surface area contributed by atoms with Gasteiger partial charge in [-0.1, -0.05) is 13.8 Å². The fourth-order valence-electron chi connectivity index (χ4n) is 2.32. The molecule has 0 saturated carbocycles. The molecule has 1 aromatic heterocycles. The van der Waals surface area contributed by atoms with Crippen molar-refractivity contribution in [3.8, 4) is 0 Å². The molecule has 1 aliphatic rings. The number of piperazine rings is 1. The number of anilines is 1. The average molecular weight is 285 g/mol. The maximum atomic E-state index is 14.6. The van der Waals surface area contributed by atoms with Crippen LogP contribution in [0.2, 0.25) is 0 Å². The van der Waals surface area contributed by atoms with Crippen LogP contribution < -0.4 is 4.90 Å². The van der Waals surface area contributed by atoms with E-state index in [1.54, 1.807) is 18.7 Å². The predicted octanol–water partition coefficient (Wildman–Crippen LogP) is 1.38. The van der Waals surface area contributed by atoms with Crippen molar-refractivity contribution in [2.45, 2.75) is 19.3 Å². The van der Waals surface area contributed by atoms with Crippen molar-refractivity contribution < 1.29 is 13.9 Å². The normalized spacial score (nSPS) is 17.6. The Labute approximate surface area is 118 Å². The number of nitrogens with zero attached hydrogens (tertiary/aromatic N) is 3. The molecular formula is C14H21F2N3O. The second kappa shape index (κ2) is 5.61. The molecule has 20 heavy (non-hydrogen) atoms. The van der Waals surface area contributed by atoms with Gasteiger partial charge in [-0.15, -0.1) is 0 Å². The molecule has 6 heteroatoms. The van der Waals surface area contributed by atoms with E-state index in [0.717, 1.165) is 19.3 Å². The Balaban J connectivity index is 2.40. The SMILES string of the molecule is CN1CCN(c2c(F)cnc(C(C)(C)CO)c2F)CC1. The van der Waals surface area contributed by atoms with Crippen molar-refractivity contribution in [2.24, 2.45) is 0 Å². The van der Waals surface area contributed by atoms with Gasteiger partial charge in [-0.25, -0.2) is 8.78 Å². The van der Waals surface area contributed by atoms with Gasteiger partial charge in [-0.2, -0.15) is 0 Å². The standard InChI is InChI=1S/C14H21F2N3O/c1-14(2,9-20)13-11(16)12(10(15)8-17-13)19-6-4-18(3)5-7-19/h8,20H,4-7,9H2,1-3H3. The molecule has 1 aliphatic heterocycles. The van der Waals surface area contributed by atoms with Crippen LogP contribution >= 0.6 is 0 Å². The lowest BCUT2D eigenvalue weighted by Gasteiger charge is -2.35. The summed E-state index contributed by atoms with van der Waals surface area (Å²) in [5, 5.41) is 9.36. The average Bonchev–Trinajstić information content (AvgIpc) is 2.40.